The number of amides is 1. The molecule has 1 aliphatic carbocycles. The first-order valence-electron chi connectivity index (χ1n) is 6.44. The van der Waals surface area contributed by atoms with Gasteiger partial charge in [-0.05, 0) is 26.9 Å². The van der Waals surface area contributed by atoms with Crippen LogP contribution in [0, 0.1) is 0 Å². The summed E-state index contributed by atoms with van der Waals surface area (Å²) in [5.41, 5.74) is 0. The molecule has 0 heterocycles. The molecule has 0 radical (unpaired) electrons. The number of hydrogen-bond acceptors (Lipinski definition) is 3. The van der Waals surface area contributed by atoms with E-state index in [9.17, 15) is 18.0 Å². The molecule has 0 aromatic rings. The minimum absolute atomic E-state index is 0.0145. The Morgan fingerprint density at radius 2 is 1.79 bits per heavy atom. The van der Waals surface area contributed by atoms with Crippen molar-refractivity contribution in [3.8, 4) is 0 Å². The zero-order chi connectivity index (χ0) is 14.5. The fourth-order valence-corrected chi connectivity index (χ4v) is 2.17. The maximum atomic E-state index is 12.1. The monoisotopic (exact) mass is 282 g/mol. The highest BCUT2D eigenvalue weighted by atomic mass is 19.4. The first-order chi connectivity index (χ1) is 8.79. The maximum absolute atomic E-state index is 12.1. The predicted octanol–water partition coefficient (Wildman–Crippen LogP) is 2.49. The molecule has 1 saturated carbocycles. The highest BCUT2D eigenvalue weighted by molar-refractivity contribution is 5.68. The van der Waals surface area contributed by atoms with Crippen molar-refractivity contribution >= 4 is 6.09 Å². The molecule has 0 aliphatic heterocycles. The first-order valence-corrected chi connectivity index (χ1v) is 6.44. The quantitative estimate of drug-likeness (QED) is 0.776. The fraction of sp³-hybridized carbons (Fsp3) is 0.917. The van der Waals surface area contributed by atoms with E-state index in [0.29, 0.717) is 13.1 Å². The van der Waals surface area contributed by atoms with E-state index < -0.39 is 18.9 Å². The highest BCUT2D eigenvalue weighted by Crippen LogP contribution is 2.24. The van der Waals surface area contributed by atoms with E-state index in [1.165, 1.54) is 4.90 Å². The summed E-state index contributed by atoms with van der Waals surface area (Å²) in [4.78, 5) is 15.1. The molecule has 0 aromatic heterocycles. The molecule has 1 fully saturated rings. The molecular weight excluding hydrogens is 261 g/mol. The minimum Gasteiger partial charge on any atom is -0.440 e. The zero-order valence-electron chi connectivity index (χ0n) is 11.4. The fourth-order valence-electron chi connectivity index (χ4n) is 2.17. The van der Waals surface area contributed by atoms with Crippen LogP contribution in [0.1, 0.15) is 25.7 Å². The van der Waals surface area contributed by atoms with Gasteiger partial charge >= 0.3 is 12.3 Å². The number of carbonyl (C=O) groups excluding carboxylic acids is 1. The van der Waals surface area contributed by atoms with Crippen molar-refractivity contribution in [1.29, 1.82) is 0 Å². The van der Waals surface area contributed by atoms with Crippen molar-refractivity contribution in [3.05, 3.63) is 0 Å². The van der Waals surface area contributed by atoms with Gasteiger partial charge in [-0.1, -0.05) is 12.8 Å². The van der Waals surface area contributed by atoms with Crippen molar-refractivity contribution in [2.45, 2.75) is 37.9 Å². The Hall–Kier alpha value is -0.980. The number of halogens is 3. The molecular formula is C12H21F3N2O2. The summed E-state index contributed by atoms with van der Waals surface area (Å²) in [6.07, 6.45) is -1.63. The lowest BCUT2D eigenvalue weighted by atomic mass is 10.2. The van der Waals surface area contributed by atoms with Crippen LogP contribution >= 0.6 is 0 Å². The normalized spacial score (nSPS) is 16.9. The number of rotatable bonds is 5. The van der Waals surface area contributed by atoms with E-state index in [1.807, 2.05) is 19.0 Å². The summed E-state index contributed by atoms with van der Waals surface area (Å²) in [5, 5.41) is 0. The molecule has 1 amide bonds. The number of hydrogen-bond donors (Lipinski definition) is 0. The van der Waals surface area contributed by atoms with Gasteiger partial charge in [0.05, 0.1) is 0 Å². The molecule has 0 unspecified atom stereocenters. The van der Waals surface area contributed by atoms with Crippen LogP contribution in [0.25, 0.3) is 0 Å². The Morgan fingerprint density at radius 1 is 1.21 bits per heavy atom. The summed E-state index contributed by atoms with van der Waals surface area (Å²) in [6.45, 7) is -0.511. The van der Waals surface area contributed by atoms with Crippen LogP contribution in [0.15, 0.2) is 0 Å². The van der Waals surface area contributed by atoms with E-state index in [0.717, 1.165) is 25.7 Å². The highest BCUT2D eigenvalue weighted by Gasteiger charge is 2.33. The molecule has 0 saturated heterocycles. The Kier molecular flexibility index (Phi) is 5.90. The Balaban J connectivity index is 2.53. The standard InChI is InChI=1S/C12H21F3N2O2/c1-16(2)7-8-17(10-5-3-4-6-10)11(18)19-9-12(13,14)15/h10H,3-9H2,1-2H3. The van der Waals surface area contributed by atoms with E-state index in [1.54, 1.807) is 0 Å². The second-order valence-electron chi connectivity index (χ2n) is 5.10. The Morgan fingerprint density at radius 3 is 2.26 bits per heavy atom. The molecule has 0 aromatic carbocycles. The van der Waals surface area contributed by atoms with Crippen LogP contribution in [-0.4, -0.2) is 61.9 Å². The number of ether oxygens (including phenoxy) is 1. The van der Waals surface area contributed by atoms with Gasteiger partial charge < -0.3 is 14.5 Å². The summed E-state index contributed by atoms with van der Waals surface area (Å²) in [7, 11) is 3.71. The molecule has 7 heteroatoms. The third-order valence-corrected chi connectivity index (χ3v) is 3.15. The average Bonchev–Trinajstić information content (AvgIpc) is 2.79. The number of carbonyl (C=O) groups is 1. The Bertz CT molecular complexity index is 289. The van der Waals surface area contributed by atoms with Crippen LogP contribution in [0.3, 0.4) is 0 Å². The van der Waals surface area contributed by atoms with Crippen molar-refractivity contribution in [3.63, 3.8) is 0 Å². The van der Waals surface area contributed by atoms with Crippen molar-refractivity contribution in [2.75, 3.05) is 33.8 Å². The van der Waals surface area contributed by atoms with E-state index in [2.05, 4.69) is 4.74 Å². The van der Waals surface area contributed by atoms with Gasteiger partial charge in [0.1, 0.15) is 0 Å². The van der Waals surface area contributed by atoms with Crippen molar-refractivity contribution < 1.29 is 22.7 Å². The summed E-state index contributed by atoms with van der Waals surface area (Å²) >= 11 is 0. The van der Waals surface area contributed by atoms with Gasteiger partial charge in [-0.3, -0.25) is 0 Å². The van der Waals surface area contributed by atoms with Gasteiger partial charge in [0.25, 0.3) is 0 Å². The van der Waals surface area contributed by atoms with E-state index in [4.69, 9.17) is 0 Å². The van der Waals surface area contributed by atoms with Crippen molar-refractivity contribution in [2.24, 2.45) is 0 Å². The smallest absolute Gasteiger partial charge is 0.422 e. The lowest BCUT2D eigenvalue weighted by Crippen LogP contribution is -2.43. The topological polar surface area (TPSA) is 32.8 Å². The summed E-state index contributed by atoms with van der Waals surface area (Å²) < 4.78 is 40.6. The molecule has 0 atom stereocenters. The lowest BCUT2D eigenvalue weighted by molar-refractivity contribution is -0.162. The molecule has 19 heavy (non-hydrogen) atoms. The predicted molar refractivity (Wildman–Crippen MR) is 64.9 cm³/mol. The average molecular weight is 282 g/mol. The molecule has 112 valence electrons. The lowest BCUT2D eigenvalue weighted by Gasteiger charge is -2.29. The minimum atomic E-state index is -4.47. The zero-order valence-corrected chi connectivity index (χ0v) is 11.4. The second-order valence-corrected chi connectivity index (χ2v) is 5.10. The molecule has 0 bridgehead atoms. The number of likely N-dealkylation sites (N-methyl/N-ethyl adjacent to an activating group) is 1. The molecule has 4 nitrogen and oxygen atoms in total. The van der Waals surface area contributed by atoms with Gasteiger partial charge in [0, 0.05) is 19.1 Å². The van der Waals surface area contributed by atoms with Gasteiger partial charge in [0.15, 0.2) is 6.61 Å². The van der Waals surface area contributed by atoms with Gasteiger partial charge in [-0.15, -0.1) is 0 Å². The van der Waals surface area contributed by atoms with Crippen LogP contribution in [-0.2, 0) is 4.74 Å². The van der Waals surface area contributed by atoms with Gasteiger partial charge in [-0.25, -0.2) is 4.79 Å². The summed E-state index contributed by atoms with van der Waals surface area (Å²) in [6, 6.07) is 0.0145. The van der Waals surface area contributed by atoms with Crippen LogP contribution in [0.5, 0.6) is 0 Å². The van der Waals surface area contributed by atoms with E-state index >= 15 is 0 Å². The number of alkyl halides is 3. The Labute approximate surface area is 111 Å². The maximum Gasteiger partial charge on any atom is 0.422 e. The number of nitrogens with zero attached hydrogens (tertiary/aromatic N) is 2. The SMILES string of the molecule is CN(C)CCN(C(=O)OCC(F)(F)F)C1CCCC1. The first kappa shape index (κ1) is 16.1. The summed E-state index contributed by atoms with van der Waals surface area (Å²) in [5.74, 6) is 0. The van der Waals surface area contributed by atoms with Crippen molar-refractivity contribution in [1.82, 2.24) is 9.80 Å². The molecule has 1 aliphatic rings. The van der Waals surface area contributed by atoms with Crippen LogP contribution < -0.4 is 0 Å². The second kappa shape index (κ2) is 6.98. The van der Waals surface area contributed by atoms with Crippen LogP contribution in [0.4, 0.5) is 18.0 Å². The van der Waals surface area contributed by atoms with Crippen LogP contribution in [0.2, 0.25) is 0 Å². The van der Waals surface area contributed by atoms with Gasteiger partial charge in [0.2, 0.25) is 0 Å². The third-order valence-electron chi connectivity index (χ3n) is 3.15. The van der Waals surface area contributed by atoms with E-state index in [-0.39, 0.29) is 6.04 Å². The largest absolute Gasteiger partial charge is 0.440 e. The molecule has 0 spiro atoms. The molecule has 0 N–H and O–H groups in total. The van der Waals surface area contributed by atoms with Gasteiger partial charge in [-0.2, -0.15) is 13.2 Å². The molecule has 1 rings (SSSR count). The third kappa shape index (κ3) is 6.13.